The van der Waals surface area contributed by atoms with Gasteiger partial charge in [0.2, 0.25) is 0 Å². The van der Waals surface area contributed by atoms with E-state index >= 15 is 0 Å². The molecule has 2 saturated heterocycles. The highest BCUT2D eigenvalue weighted by atomic mass is 35.5. The Morgan fingerprint density at radius 2 is 1.80 bits per heavy atom. The lowest BCUT2D eigenvalue weighted by Crippen LogP contribution is -2.46. The Bertz CT molecular complexity index is 208. The molecule has 0 aromatic carbocycles. The largest absolute Gasteiger partial charge is 0.464 e. The molecule has 0 saturated carbocycles. The van der Waals surface area contributed by atoms with Gasteiger partial charge in [-0.05, 0) is 12.8 Å². The molecular weight excluding hydrogens is 239 g/mol. The number of nitrogens with zero attached hydrogens (tertiary/aromatic N) is 1. The van der Waals surface area contributed by atoms with Crippen molar-refractivity contribution in [3.05, 3.63) is 0 Å². The van der Waals surface area contributed by atoms with Crippen molar-refractivity contribution >= 4 is 30.8 Å². The van der Waals surface area contributed by atoms with Crippen LogP contribution in [0.4, 0.5) is 0 Å². The van der Waals surface area contributed by atoms with Crippen molar-refractivity contribution in [2.45, 2.75) is 31.3 Å². The molecule has 0 amide bonds. The van der Waals surface area contributed by atoms with Gasteiger partial charge in [-0.25, -0.2) is 0 Å². The van der Waals surface area contributed by atoms with Gasteiger partial charge in [0.1, 0.15) is 6.04 Å². The Morgan fingerprint density at radius 3 is 2.27 bits per heavy atom. The van der Waals surface area contributed by atoms with Crippen molar-refractivity contribution in [1.82, 2.24) is 4.90 Å². The van der Waals surface area contributed by atoms with Gasteiger partial charge in [-0.2, -0.15) is 0 Å². The Morgan fingerprint density at radius 1 is 1.20 bits per heavy atom. The summed E-state index contributed by atoms with van der Waals surface area (Å²) in [6, 6.07) is 0.348. The van der Waals surface area contributed by atoms with Crippen LogP contribution in [0.25, 0.3) is 0 Å². The fourth-order valence-corrected chi connectivity index (χ4v) is 2.05. The Balaban J connectivity index is 0.000000980. The van der Waals surface area contributed by atoms with Gasteiger partial charge >= 0.3 is 5.97 Å². The summed E-state index contributed by atoms with van der Waals surface area (Å²) in [5.74, 6) is -0.0459. The van der Waals surface area contributed by atoms with Gasteiger partial charge in [-0.15, -0.1) is 24.8 Å². The molecule has 15 heavy (non-hydrogen) atoms. The molecule has 90 valence electrons. The minimum Gasteiger partial charge on any atom is -0.464 e. The number of likely N-dealkylation sites (tertiary alicyclic amines) is 1. The van der Waals surface area contributed by atoms with E-state index in [0.717, 1.165) is 32.4 Å². The number of cyclic esters (lactones) is 1. The van der Waals surface area contributed by atoms with Gasteiger partial charge in [0.05, 0.1) is 6.61 Å². The second kappa shape index (κ2) is 6.53. The summed E-state index contributed by atoms with van der Waals surface area (Å²) in [6.07, 6.45) is 2.86. The molecule has 1 atom stereocenters. The SMILES string of the molecule is Cl.Cl.NC1CCN(C2CCOC2=O)CC1. The minimum absolute atomic E-state index is 0. The zero-order chi connectivity index (χ0) is 9.26. The molecule has 0 aromatic rings. The number of hydrogen-bond acceptors (Lipinski definition) is 4. The van der Waals surface area contributed by atoms with Crippen LogP contribution >= 0.6 is 24.8 Å². The lowest BCUT2D eigenvalue weighted by Gasteiger charge is -2.32. The summed E-state index contributed by atoms with van der Waals surface area (Å²) in [5.41, 5.74) is 5.79. The van der Waals surface area contributed by atoms with Gasteiger partial charge in [-0.1, -0.05) is 0 Å². The predicted octanol–water partition coefficient (Wildman–Crippen LogP) is 0.569. The Hall–Kier alpha value is -0.0300. The number of piperidine rings is 1. The summed E-state index contributed by atoms with van der Waals surface area (Å²) in [5, 5.41) is 0. The number of ether oxygens (including phenoxy) is 1. The van der Waals surface area contributed by atoms with E-state index in [2.05, 4.69) is 4.90 Å². The third kappa shape index (κ3) is 3.48. The molecule has 2 aliphatic rings. The first-order chi connectivity index (χ1) is 6.27. The third-order valence-corrected chi connectivity index (χ3v) is 2.92. The molecule has 0 aliphatic carbocycles. The Labute approximate surface area is 102 Å². The van der Waals surface area contributed by atoms with Crippen LogP contribution in [0.3, 0.4) is 0 Å². The first kappa shape index (κ1) is 15.0. The summed E-state index contributed by atoms with van der Waals surface area (Å²) in [6.45, 7) is 2.48. The van der Waals surface area contributed by atoms with E-state index < -0.39 is 0 Å². The molecule has 0 aromatic heterocycles. The van der Waals surface area contributed by atoms with Crippen LogP contribution in [0.15, 0.2) is 0 Å². The molecule has 4 nitrogen and oxygen atoms in total. The number of carbonyl (C=O) groups excluding carboxylic acids is 1. The lowest BCUT2D eigenvalue weighted by molar-refractivity contribution is -0.142. The van der Waals surface area contributed by atoms with Crippen LogP contribution in [0.1, 0.15) is 19.3 Å². The van der Waals surface area contributed by atoms with Gasteiger partial charge in [-0.3, -0.25) is 9.69 Å². The molecule has 2 rings (SSSR count). The third-order valence-electron chi connectivity index (χ3n) is 2.92. The molecule has 6 heteroatoms. The average Bonchev–Trinajstić information content (AvgIpc) is 2.53. The highest BCUT2D eigenvalue weighted by Crippen LogP contribution is 2.18. The van der Waals surface area contributed by atoms with Crippen molar-refractivity contribution < 1.29 is 9.53 Å². The number of esters is 1. The smallest absolute Gasteiger partial charge is 0.323 e. The maximum absolute atomic E-state index is 11.3. The number of halogens is 2. The van der Waals surface area contributed by atoms with E-state index in [1.54, 1.807) is 0 Å². The molecule has 2 aliphatic heterocycles. The highest BCUT2D eigenvalue weighted by molar-refractivity contribution is 5.85. The predicted molar refractivity (Wildman–Crippen MR) is 62.6 cm³/mol. The number of hydrogen-bond donors (Lipinski definition) is 1. The number of carbonyl (C=O) groups is 1. The minimum atomic E-state index is -0.0459. The Kier molecular flexibility index (Phi) is 6.52. The zero-order valence-electron chi connectivity index (χ0n) is 8.55. The van der Waals surface area contributed by atoms with E-state index in [-0.39, 0.29) is 36.8 Å². The van der Waals surface area contributed by atoms with Crippen LogP contribution in [-0.4, -0.2) is 42.6 Å². The van der Waals surface area contributed by atoms with Crippen LogP contribution in [0.5, 0.6) is 0 Å². The molecular formula is C9H18Cl2N2O2. The van der Waals surface area contributed by atoms with Crippen molar-refractivity contribution in [3.8, 4) is 0 Å². The molecule has 2 fully saturated rings. The number of nitrogens with two attached hydrogens (primary N) is 1. The maximum Gasteiger partial charge on any atom is 0.323 e. The maximum atomic E-state index is 11.3. The van der Waals surface area contributed by atoms with E-state index in [1.165, 1.54) is 0 Å². The first-order valence-electron chi connectivity index (χ1n) is 4.93. The normalized spacial score (nSPS) is 27.8. The average molecular weight is 257 g/mol. The first-order valence-corrected chi connectivity index (χ1v) is 4.93. The summed E-state index contributed by atoms with van der Waals surface area (Å²) >= 11 is 0. The molecule has 2 heterocycles. The fraction of sp³-hybridized carbons (Fsp3) is 0.889. The second-order valence-electron chi connectivity index (χ2n) is 3.85. The summed E-state index contributed by atoms with van der Waals surface area (Å²) in [7, 11) is 0. The van der Waals surface area contributed by atoms with Crippen LogP contribution in [-0.2, 0) is 9.53 Å². The summed E-state index contributed by atoms with van der Waals surface area (Å²) in [4.78, 5) is 13.5. The van der Waals surface area contributed by atoms with Gasteiger partial charge in [0.15, 0.2) is 0 Å². The zero-order valence-corrected chi connectivity index (χ0v) is 10.2. The van der Waals surface area contributed by atoms with Crippen molar-refractivity contribution in [2.75, 3.05) is 19.7 Å². The van der Waals surface area contributed by atoms with Gasteiger partial charge in [0.25, 0.3) is 0 Å². The van der Waals surface area contributed by atoms with Crippen LogP contribution < -0.4 is 5.73 Å². The van der Waals surface area contributed by atoms with Crippen molar-refractivity contribution in [1.29, 1.82) is 0 Å². The molecule has 2 N–H and O–H groups in total. The van der Waals surface area contributed by atoms with Gasteiger partial charge < -0.3 is 10.5 Å². The van der Waals surface area contributed by atoms with Crippen LogP contribution in [0, 0.1) is 0 Å². The van der Waals surface area contributed by atoms with E-state index in [4.69, 9.17) is 10.5 Å². The van der Waals surface area contributed by atoms with E-state index in [9.17, 15) is 4.79 Å². The monoisotopic (exact) mass is 256 g/mol. The molecule has 0 spiro atoms. The quantitative estimate of drug-likeness (QED) is 0.698. The second-order valence-corrected chi connectivity index (χ2v) is 3.85. The molecule has 0 radical (unpaired) electrons. The van der Waals surface area contributed by atoms with Gasteiger partial charge in [0, 0.05) is 25.6 Å². The molecule has 1 unspecified atom stereocenters. The highest BCUT2D eigenvalue weighted by Gasteiger charge is 2.33. The summed E-state index contributed by atoms with van der Waals surface area (Å²) < 4.78 is 4.93. The molecule has 0 bridgehead atoms. The van der Waals surface area contributed by atoms with E-state index in [0.29, 0.717) is 12.6 Å². The van der Waals surface area contributed by atoms with Crippen molar-refractivity contribution in [2.24, 2.45) is 5.73 Å². The van der Waals surface area contributed by atoms with E-state index in [1.807, 2.05) is 0 Å². The lowest BCUT2D eigenvalue weighted by atomic mass is 10.0. The fourth-order valence-electron chi connectivity index (χ4n) is 2.05. The van der Waals surface area contributed by atoms with Crippen LogP contribution in [0.2, 0.25) is 0 Å². The number of rotatable bonds is 1. The van der Waals surface area contributed by atoms with Crippen molar-refractivity contribution in [3.63, 3.8) is 0 Å². The topological polar surface area (TPSA) is 55.6 Å². The standard InChI is InChI=1S/C9H16N2O2.2ClH/c10-7-1-4-11(5-2-7)8-3-6-13-9(8)12;;/h7-8H,1-6,10H2;2*1H.